The average molecular weight is 515 g/mol. The third-order valence-electron chi connectivity index (χ3n) is 5.25. The molecule has 0 fully saturated rings. The van der Waals surface area contributed by atoms with Crippen molar-refractivity contribution < 1.29 is 14.3 Å². The lowest BCUT2D eigenvalue weighted by atomic mass is 10.2. The van der Waals surface area contributed by atoms with Gasteiger partial charge in [-0.05, 0) is 73.8 Å². The maximum Gasteiger partial charge on any atom is 0.323 e. The molecule has 9 heteroatoms. The molecule has 0 spiro atoms. The van der Waals surface area contributed by atoms with Crippen LogP contribution in [0, 0.1) is 0 Å². The summed E-state index contributed by atoms with van der Waals surface area (Å²) in [4.78, 5) is 26.9. The highest BCUT2D eigenvalue weighted by molar-refractivity contribution is 6.42. The largest absolute Gasteiger partial charge is 0.457 e. The Hall–Kier alpha value is -3.26. The van der Waals surface area contributed by atoms with Gasteiger partial charge in [-0.2, -0.15) is 0 Å². The first-order chi connectivity index (χ1) is 16.9. The van der Waals surface area contributed by atoms with Crippen molar-refractivity contribution in [3.63, 3.8) is 0 Å². The van der Waals surface area contributed by atoms with Gasteiger partial charge in [-0.15, -0.1) is 0 Å². The number of carbonyl (C=O) groups excluding carboxylic acids is 2. The number of likely N-dealkylation sites (N-methyl/N-ethyl adjacent to an activating group) is 1. The van der Waals surface area contributed by atoms with Crippen LogP contribution in [-0.4, -0.2) is 43.0 Å². The number of amides is 3. The van der Waals surface area contributed by atoms with Crippen molar-refractivity contribution in [2.45, 2.75) is 13.8 Å². The van der Waals surface area contributed by atoms with E-state index in [0.29, 0.717) is 45.0 Å². The quantitative estimate of drug-likeness (QED) is 0.288. The van der Waals surface area contributed by atoms with Gasteiger partial charge in [-0.25, -0.2) is 4.79 Å². The second-order valence-electron chi connectivity index (χ2n) is 7.64. The summed E-state index contributed by atoms with van der Waals surface area (Å²) in [5.74, 6) is 0.996. The predicted octanol–water partition coefficient (Wildman–Crippen LogP) is 6.50. The van der Waals surface area contributed by atoms with Gasteiger partial charge in [0.05, 0.1) is 10.0 Å². The van der Waals surface area contributed by atoms with E-state index in [9.17, 15) is 9.59 Å². The molecule has 0 atom stereocenters. The molecule has 0 unspecified atom stereocenters. The van der Waals surface area contributed by atoms with E-state index in [1.54, 1.807) is 66.7 Å². The fraction of sp³-hybridized carbons (Fsp3) is 0.231. The van der Waals surface area contributed by atoms with Gasteiger partial charge in [0.1, 0.15) is 11.5 Å². The van der Waals surface area contributed by atoms with Crippen molar-refractivity contribution in [1.82, 2.24) is 10.2 Å². The van der Waals surface area contributed by atoms with Gasteiger partial charge in [-0.3, -0.25) is 4.79 Å². The lowest BCUT2D eigenvalue weighted by Crippen LogP contribution is -2.34. The first-order valence-corrected chi connectivity index (χ1v) is 12.0. The van der Waals surface area contributed by atoms with Crippen molar-refractivity contribution in [2.24, 2.45) is 0 Å². The molecule has 3 amide bonds. The summed E-state index contributed by atoms with van der Waals surface area (Å²) in [7, 11) is 0. The van der Waals surface area contributed by atoms with Crippen molar-refractivity contribution >= 4 is 46.5 Å². The summed E-state index contributed by atoms with van der Waals surface area (Å²) in [6, 6.07) is 18.2. The van der Waals surface area contributed by atoms with E-state index in [4.69, 9.17) is 27.9 Å². The van der Waals surface area contributed by atoms with E-state index in [2.05, 4.69) is 34.7 Å². The van der Waals surface area contributed by atoms with Gasteiger partial charge < -0.3 is 25.6 Å². The normalized spacial score (nSPS) is 10.7. The average Bonchev–Trinajstić information content (AvgIpc) is 2.85. The third kappa shape index (κ3) is 8.17. The van der Waals surface area contributed by atoms with Crippen LogP contribution < -0.4 is 20.7 Å². The van der Waals surface area contributed by atoms with E-state index in [1.807, 2.05) is 0 Å². The van der Waals surface area contributed by atoms with Gasteiger partial charge in [0.2, 0.25) is 0 Å². The smallest absolute Gasteiger partial charge is 0.323 e. The first kappa shape index (κ1) is 26.3. The van der Waals surface area contributed by atoms with Crippen molar-refractivity contribution in [3.8, 4) is 11.5 Å². The van der Waals surface area contributed by atoms with E-state index in [1.165, 1.54) is 0 Å². The molecule has 0 aromatic heterocycles. The van der Waals surface area contributed by atoms with Gasteiger partial charge in [0.15, 0.2) is 0 Å². The molecule has 0 bridgehead atoms. The molecule has 3 aromatic carbocycles. The third-order valence-corrected chi connectivity index (χ3v) is 5.99. The molecule has 3 N–H and O–H groups in total. The Morgan fingerprint density at radius 3 is 1.94 bits per heavy atom. The van der Waals surface area contributed by atoms with Crippen LogP contribution in [0.4, 0.5) is 16.2 Å². The molecule has 0 aliphatic rings. The Bertz CT molecular complexity index is 1130. The van der Waals surface area contributed by atoms with E-state index in [-0.39, 0.29) is 5.91 Å². The summed E-state index contributed by atoms with van der Waals surface area (Å²) >= 11 is 11.9. The zero-order valence-corrected chi connectivity index (χ0v) is 21.1. The molecule has 0 aliphatic heterocycles. The summed E-state index contributed by atoms with van der Waals surface area (Å²) in [5, 5.41) is 9.28. The van der Waals surface area contributed by atoms with Gasteiger partial charge in [-0.1, -0.05) is 37.0 Å². The summed E-state index contributed by atoms with van der Waals surface area (Å²) in [5.41, 5.74) is 1.70. The molecule has 0 saturated heterocycles. The molecule has 184 valence electrons. The van der Waals surface area contributed by atoms with Crippen LogP contribution in [0.15, 0.2) is 66.7 Å². The molecule has 0 aliphatic carbocycles. The SMILES string of the molecule is CCN(CC)CCNC(=O)c1ccc(NC(=O)Nc2ccc(Oc3ccc(Cl)c(Cl)c3)cc2)cc1. The highest BCUT2D eigenvalue weighted by Crippen LogP contribution is 2.29. The molecule has 35 heavy (non-hydrogen) atoms. The van der Waals surface area contributed by atoms with E-state index < -0.39 is 6.03 Å². The molecule has 3 aromatic rings. The van der Waals surface area contributed by atoms with Crippen LogP contribution >= 0.6 is 23.2 Å². The predicted molar refractivity (Wildman–Crippen MR) is 142 cm³/mol. The minimum absolute atomic E-state index is 0.142. The lowest BCUT2D eigenvalue weighted by Gasteiger charge is -2.18. The molecule has 0 radical (unpaired) electrons. The fourth-order valence-electron chi connectivity index (χ4n) is 3.25. The number of halogens is 2. The first-order valence-electron chi connectivity index (χ1n) is 11.3. The molecule has 3 rings (SSSR count). The van der Waals surface area contributed by atoms with E-state index in [0.717, 1.165) is 19.6 Å². The lowest BCUT2D eigenvalue weighted by molar-refractivity contribution is 0.0949. The number of rotatable bonds is 10. The minimum Gasteiger partial charge on any atom is -0.457 e. The van der Waals surface area contributed by atoms with Gasteiger partial charge in [0, 0.05) is 36.1 Å². The number of hydrogen-bond acceptors (Lipinski definition) is 4. The van der Waals surface area contributed by atoms with Crippen LogP contribution in [0.2, 0.25) is 10.0 Å². The fourth-order valence-corrected chi connectivity index (χ4v) is 3.54. The van der Waals surface area contributed by atoms with Crippen molar-refractivity contribution in [1.29, 1.82) is 0 Å². The molecular formula is C26H28Cl2N4O3. The molecule has 0 heterocycles. The molecule has 7 nitrogen and oxygen atoms in total. The number of hydrogen-bond donors (Lipinski definition) is 3. The van der Waals surface area contributed by atoms with Gasteiger partial charge in [0.25, 0.3) is 5.91 Å². The highest BCUT2D eigenvalue weighted by Gasteiger charge is 2.08. The van der Waals surface area contributed by atoms with Gasteiger partial charge >= 0.3 is 6.03 Å². The second kappa shape index (κ2) is 13.0. The van der Waals surface area contributed by atoms with Crippen LogP contribution in [-0.2, 0) is 0 Å². The number of nitrogens with zero attached hydrogens (tertiary/aromatic N) is 1. The maximum atomic E-state index is 12.3. The van der Waals surface area contributed by atoms with Crippen molar-refractivity contribution in [2.75, 3.05) is 36.8 Å². The summed E-state index contributed by atoms with van der Waals surface area (Å²) in [6.45, 7) is 7.48. The molecular weight excluding hydrogens is 487 g/mol. The Morgan fingerprint density at radius 2 is 1.37 bits per heavy atom. The van der Waals surface area contributed by atoms with Crippen molar-refractivity contribution in [3.05, 3.63) is 82.3 Å². The number of ether oxygens (including phenoxy) is 1. The number of nitrogens with one attached hydrogen (secondary N) is 3. The number of urea groups is 1. The summed E-state index contributed by atoms with van der Waals surface area (Å²) in [6.07, 6.45) is 0. The highest BCUT2D eigenvalue weighted by atomic mass is 35.5. The monoisotopic (exact) mass is 514 g/mol. The zero-order valence-electron chi connectivity index (χ0n) is 19.6. The van der Waals surface area contributed by atoms with Crippen LogP contribution in [0.25, 0.3) is 0 Å². The maximum absolute atomic E-state index is 12.3. The Morgan fingerprint density at radius 1 is 0.800 bits per heavy atom. The molecule has 0 saturated carbocycles. The van der Waals surface area contributed by atoms with Crippen LogP contribution in [0.3, 0.4) is 0 Å². The minimum atomic E-state index is -0.403. The number of anilines is 2. The topological polar surface area (TPSA) is 82.7 Å². The van der Waals surface area contributed by atoms with E-state index >= 15 is 0 Å². The Kier molecular flexibility index (Phi) is 9.78. The zero-order chi connectivity index (χ0) is 25.2. The van der Waals surface area contributed by atoms with Crippen LogP contribution in [0.1, 0.15) is 24.2 Å². The summed E-state index contributed by atoms with van der Waals surface area (Å²) < 4.78 is 5.74. The Labute approximate surface area is 215 Å². The van der Waals surface area contributed by atoms with Crippen LogP contribution in [0.5, 0.6) is 11.5 Å². The second-order valence-corrected chi connectivity index (χ2v) is 8.46. The standard InChI is InChI=1S/C26H28Cl2N4O3/c1-3-32(4-2)16-15-29-25(33)18-5-7-19(8-6-18)30-26(34)31-20-9-11-21(12-10-20)35-22-13-14-23(27)24(28)17-22/h5-14,17H,3-4,15-16H2,1-2H3,(H,29,33)(H2,30,31,34). The Balaban J connectivity index is 1.47. The number of benzene rings is 3. The number of carbonyl (C=O) groups is 2.